The molecule has 0 saturated carbocycles. The first-order valence-electron chi connectivity index (χ1n) is 9.24. The van der Waals surface area contributed by atoms with Gasteiger partial charge in [0.25, 0.3) is 5.91 Å². The van der Waals surface area contributed by atoms with E-state index in [-0.39, 0.29) is 11.9 Å². The monoisotopic (exact) mass is 367 g/mol. The molecule has 0 atom stereocenters. The van der Waals surface area contributed by atoms with Gasteiger partial charge >= 0.3 is 5.97 Å². The fourth-order valence-corrected chi connectivity index (χ4v) is 3.32. The van der Waals surface area contributed by atoms with Gasteiger partial charge in [0.2, 0.25) is 0 Å². The summed E-state index contributed by atoms with van der Waals surface area (Å²) >= 11 is 0. The van der Waals surface area contributed by atoms with Crippen LogP contribution in [0.5, 0.6) is 0 Å². The zero-order chi connectivity index (χ0) is 19.2. The molecule has 0 unspecified atom stereocenters. The van der Waals surface area contributed by atoms with Crippen LogP contribution < -0.4 is 5.32 Å². The summed E-state index contributed by atoms with van der Waals surface area (Å²) in [4.78, 5) is 24.0. The van der Waals surface area contributed by atoms with Gasteiger partial charge in [-0.15, -0.1) is 0 Å². The van der Waals surface area contributed by atoms with Crippen LogP contribution in [0, 0.1) is 12.8 Å². The molecule has 0 aliphatic carbocycles. The standard InChI is InChI=1S/C22H25NO4/c1-15-13-19(22(25)26-2)7-8-20(15)17-3-5-18(6-4-17)21(24)23-14-16-9-11-27-12-10-16/h3-8,13,16H,9-12,14H2,1-2H3,(H,23,24). The number of hydrogen-bond acceptors (Lipinski definition) is 4. The highest BCUT2D eigenvalue weighted by Crippen LogP contribution is 2.25. The van der Waals surface area contributed by atoms with E-state index >= 15 is 0 Å². The van der Waals surface area contributed by atoms with Gasteiger partial charge in [0.05, 0.1) is 12.7 Å². The van der Waals surface area contributed by atoms with Gasteiger partial charge in [-0.3, -0.25) is 4.79 Å². The van der Waals surface area contributed by atoms with Crippen LogP contribution in [0.25, 0.3) is 11.1 Å². The molecule has 142 valence electrons. The molecule has 27 heavy (non-hydrogen) atoms. The van der Waals surface area contributed by atoms with Crippen LogP contribution in [0.15, 0.2) is 42.5 Å². The molecule has 2 aromatic rings. The van der Waals surface area contributed by atoms with Crippen molar-refractivity contribution in [3.8, 4) is 11.1 Å². The van der Waals surface area contributed by atoms with Crippen molar-refractivity contribution in [2.24, 2.45) is 5.92 Å². The molecule has 5 heteroatoms. The van der Waals surface area contributed by atoms with Gasteiger partial charge in [-0.2, -0.15) is 0 Å². The quantitative estimate of drug-likeness (QED) is 0.820. The molecule has 2 aromatic carbocycles. The van der Waals surface area contributed by atoms with Gasteiger partial charge in [-0.25, -0.2) is 4.79 Å². The maximum Gasteiger partial charge on any atom is 0.337 e. The first kappa shape index (κ1) is 19.1. The first-order chi connectivity index (χ1) is 13.1. The van der Waals surface area contributed by atoms with Gasteiger partial charge in [0.15, 0.2) is 0 Å². The molecular weight excluding hydrogens is 342 g/mol. The number of rotatable bonds is 5. The van der Waals surface area contributed by atoms with Crippen molar-refractivity contribution in [2.45, 2.75) is 19.8 Å². The molecule has 1 heterocycles. The van der Waals surface area contributed by atoms with E-state index in [1.54, 1.807) is 6.07 Å². The fourth-order valence-electron chi connectivity index (χ4n) is 3.32. The fraction of sp³-hybridized carbons (Fsp3) is 0.364. The van der Waals surface area contributed by atoms with Crippen molar-refractivity contribution >= 4 is 11.9 Å². The summed E-state index contributed by atoms with van der Waals surface area (Å²) in [5.74, 6) is 0.102. The number of nitrogens with one attached hydrogen (secondary N) is 1. The molecule has 1 aliphatic heterocycles. The molecule has 1 aliphatic rings. The van der Waals surface area contributed by atoms with Crippen LogP contribution in [-0.2, 0) is 9.47 Å². The van der Waals surface area contributed by atoms with Crippen LogP contribution in [0.4, 0.5) is 0 Å². The second kappa shape index (κ2) is 8.82. The predicted octanol–water partition coefficient (Wildman–Crippen LogP) is 3.61. The number of carbonyl (C=O) groups excluding carboxylic acids is 2. The summed E-state index contributed by atoms with van der Waals surface area (Å²) in [5.41, 5.74) is 4.19. The second-order valence-electron chi connectivity index (χ2n) is 6.86. The molecule has 5 nitrogen and oxygen atoms in total. The predicted molar refractivity (Wildman–Crippen MR) is 104 cm³/mol. The lowest BCUT2D eigenvalue weighted by Gasteiger charge is -2.22. The Morgan fingerprint density at radius 1 is 1.07 bits per heavy atom. The smallest absolute Gasteiger partial charge is 0.337 e. The van der Waals surface area contributed by atoms with Crippen LogP contribution in [0.1, 0.15) is 39.1 Å². The van der Waals surface area contributed by atoms with Crippen LogP contribution >= 0.6 is 0 Å². The van der Waals surface area contributed by atoms with Crippen LogP contribution in [0.3, 0.4) is 0 Å². The minimum Gasteiger partial charge on any atom is -0.465 e. The van der Waals surface area contributed by atoms with Gasteiger partial charge in [-0.1, -0.05) is 18.2 Å². The number of ether oxygens (including phenoxy) is 2. The third-order valence-corrected chi connectivity index (χ3v) is 5.00. The summed E-state index contributed by atoms with van der Waals surface area (Å²) in [6.07, 6.45) is 2.00. The van der Waals surface area contributed by atoms with Crippen LogP contribution in [0.2, 0.25) is 0 Å². The largest absolute Gasteiger partial charge is 0.465 e. The molecule has 1 fully saturated rings. The summed E-state index contributed by atoms with van der Waals surface area (Å²) in [5, 5.41) is 3.02. The Hall–Kier alpha value is -2.66. The number of amides is 1. The van der Waals surface area contributed by atoms with E-state index in [4.69, 9.17) is 9.47 Å². The normalized spacial score (nSPS) is 14.6. The molecule has 0 aromatic heterocycles. The van der Waals surface area contributed by atoms with Gasteiger partial charge < -0.3 is 14.8 Å². The number of esters is 1. The Morgan fingerprint density at radius 3 is 2.37 bits per heavy atom. The minimum atomic E-state index is -0.346. The maximum absolute atomic E-state index is 12.4. The Labute approximate surface area is 159 Å². The highest BCUT2D eigenvalue weighted by Gasteiger charge is 2.15. The lowest BCUT2D eigenvalue weighted by Crippen LogP contribution is -2.32. The zero-order valence-electron chi connectivity index (χ0n) is 15.8. The van der Waals surface area contributed by atoms with Gasteiger partial charge in [0.1, 0.15) is 0 Å². The molecule has 0 spiro atoms. The first-order valence-corrected chi connectivity index (χ1v) is 9.24. The van der Waals surface area contributed by atoms with E-state index in [0.717, 1.165) is 42.7 Å². The van der Waals surface area contributed by atoms with E-state index in [9.17, 15) is 9.59 Å². The van der Waals surface area contributed by atoms with E-state index in [2.05, 4.69) is 5.32 Å². The van der Waals surface area contributed by atoms with Gasteiger partial charge in [0, 0.05) is 25.3 Å². The van der Waals surface area contributed by atoms with Crippen molar-refractivity contribution in [3.05, 3.63) is 59.2 Å². The summed E-state index contributed by atoms with van der Waals surface area (Å²) in [6.45, 7) is 4.21. The molecular formula is C22H25NO4. The second-order valence-corrected chi connectivity index (χ2v) is 6.86. The lowest BCUT2D eigenvalue weighted by atomic mass is 9.97. The molecule has 1 amide bonds. The average molecular weight is 367 g/mol. The van der Waals surface area contributed by atoms with Crippen molar-refractivity contribution < 1.29 is 19.1 Å². The molecule has 1 N–H and O–H groups in total. The highest BCUT2D eigenvalue weighted by molar-refractivity contribution is 5.95. The van der Waals surface area contributed by atoms with E-state index < -0.39 is 0 Å². The van der Waals surface area contributed by atoms with Crippen LogP contribution in [-0.4, -0.2) is 38.7 Å². The van der Waals surface area contributed by atoms with E-state index in [1.807, 2.05) is 43.3 Å². The van der Waals surface area contributed by atoms with Crippen molar-refractivity contribution in [2.75, 3.05) is 26.9 Å². The maximum atomic E-state index is 12.4. The third kappa shape index (κ3) is 4.74. The third-order valence-electron chi connectivity index (χ3n) is 5.00. The molecule has 1 saturated heterocycles. The number of hydrogen-bond donors (Lipinski definition) is 1. The number of benzene rings is 2. The Bertz CT molecular complexity index is 808. The molecule has 0 radical (unpaired) electrons. The number of aryl methyl sites for hydroxylation is 1. The highest BCUT2D eigenvalue weighted by atomic mass is 16.5. The SMILES string of the molecule is COC(=O)c1ccc(-c2ccc(C(=O)NCC3CCOCC3)cc2)c(C)c1. The Balaban J connectivity index is 1.66. The van der Waals surface area contributed by atoms with Crippen molar-refractivity contribution in [1.29, 1.82) is 0 Å². The topological polar surface area (TPSA) is 64.6 Å². The number of methoxy groups -OCH3 is 1. The van der Waals surface area contributed by atoms with E-state index in [0.29, 0.717) is 23.6 Å². The van der Waals surface area contributed by atoms with Crippen molar-refractivity contribution in [3.63, 3.8) is 0 Å². The van der Waals surface area contributed by atoms with E-state index in [1.165, 1.54) is 7.11 Å². The van der Waals surface area contributed by atoms with Crippen molar-refractivity contribution in [1.82, 2.24) is 5.32 Å². The van der Waals surface area contributed by atoms with Gasteiger partial charge in [-0.05, 0) is 66.6 Å². The summed E-state index contributed by atoms with van der Waals surface area (Å²) in [6, 6.07) is 13.0. The Kier molecular flexibility index (Phi) is 6.24. The zero-order valence-corrected chi connectivity index (χ0v) is 15.8. The number of carbonyl (C=O) groups is 2. The summed E-state index contributed by atoms with van der Waals surface area (Å²) in [7, 11) is 1.37. The minimum absolute atomic E-state index is 0.0502. The molecule has 0 bridgehead atoms. The lowest BCUT2D eigenvalue weighted by molar-refractivity contribution is 0.0600. The average Bonchev–Trinajstić information content (AvgIpc) is 2.72. The Morgan fingerprint density at radius 2 is 1.74 bits per heavy atom. The molecule has 3 rings (SSSR count). The summed E-state index contributed by atoms with van der Waals surface area (Å²) < 4.78 is 10.1.